The standard InChI is InChI=1S/C15H19NO3/c1-3-16-10-12-8-9-13(19-12)11-18-15-7-5-4-6-14(15)17-2/h4-9,16H,3,10-11H2,1-2H3. The third kappa shape index (κ3) is 3.76. The Morgan fingerprint density at radius 3 is 2.53 bits per heavy atom. The van der Waals surface area contributed by atoms with E-state index in [-0.39, 0.29) is 0 Å². The number of hydrogen-bond acceptors (Lipinski definition) is 4. The largest absolute Gasteiger partial charge is 0.493 e. The zero-order chi connectivity index (χ0) is 13.5. The molecule has 1 aromatic carbocycles. The summed E-state index contributed by atoms with van der Waals surface area (Å²) in [5.74, 6) is 3.16. The van der Waals surface area contributed by atoms with E-state index in [4.69, 9.17) is 13.9 Å². The van der Waals surface area contributed by atoms with Crippen LogP contribution in [0, 0.1) is 0 Å². The van der Waals surface area contributed by atoms with Gasteiger partial charge in [-0.15, -0.1) is 0 Å². The van der Waals surface area contributed by atoms with Gasteiger partial charge >= 0.3 is 0 Å². The zero-order valence-electron chi connectivity index (χ0n) is 11.3. The molecule has 1 N–H and O–H groups in total. The van der Waals surface area contributed by atoms with E-state index >= 15 is 0 Å². The maximum atomic E-state index is 5.69. The highest BCUT2D eigenvalue weighted by Gasteiger charge is 2.06. The normalized spacial score (nSPS) is 10.4. The predicted molar refractivity (Wildman–Crippen MR) is 73.4 cm³/mol. The topological polar surface area (TPSA) is 43.6 Å². The van der Waals surface area contributed by atoms with Gasteiger partial charge in [0.05, 0.1) is 13.7 Å². The van der Waals surface area contributed by atoms with Crippen molar-refractivity contribution >= 4 is 0 Å². The second-order valence-corrected chi connectivity index (χ2v) is 4.09. The number of methoxy groups -OCH3 is 1. The summed E-state index contributed by atoms with van der Waals surface area (Å²) in [7, 11) is 1.63. The summed E-state index contributed by atoms with van der Waals surface area (Å²) >= 11 is 0. The summed E-state index contributed by atoms with van der Waals surface area (Å²) in [6.45, 7) is 4.13. The molecule has 0 spiro atoms. The number of benzene rings is 1. The molecule has 0 unspecified atom stereocenters. The van der Waals surface area contributed by atoms with Crippen molar-refractivity contribution in [1.29, 1.82) is 0 Å². The van der Waals surface area contributed by atoms with Crippen LogP contribution in [0.5, 0.6) is 11.5 Å². The maximum absolute atomic E-state index is 5.69. The first kappa shape index (κ1) is 13.5. The van der Waals surface area contributed by atoms with Gasteiger partial charge in [0.2, 0.25) is 0 Å². The van der Waals surface area contributed by atoms with Gasteiger partial charge in [0, 0.05) is 0 Å². The first-order chi connectivity index (χ1) is 9.33. The monoisotopic (exact) mass is 261 g/mol. The van der Waals surface area contributed by atoms with Crippen molar-refractivity contribution in [2.75, 3.05) is 13.7 Å². The molecule has 102 valence electrons. The first-order valence-electron chi connectivity index (χ1n) is 6.37. The molecule has 0 aliphatic heterocycles. The Morgan fingerprint density at radius 2 is 1.79 bits per heavy atom. The molecule has 2 aromatic rings. The van der Waals surface area contributed by atoms with Crippen molar-refractivity contribution in [2.24, 2.45) is 0 Å². The van der Waals surface area contributed by atoms with Crippen LogP contribution < -0.4 is 14.8 Å². The quantitative estimate of drug-likeness (QED) is 0.832. The van der Waals surface area contributed by atoms with Crippen LogP contribution in [0.25, 0.3) is 0 Å². The van der Waals surface area contributed by atoms with Gasteiger partial charge in [-0.2, -0.15) is 0 Å². The summed E-state index contributed by atoms with van der Waals surface area (Å²) in [6.07, 6.45) is 0. The van der Waals surface area contributed by atoms with Gasteiger partial charge in [-0.05, 0) is 30.8 Å². The number of furan rings is 1. The lowest BCUT2D eigenvalue weighted by atomic mass is 10.3. The fourth-order valence-corrected chi connectivity index (χ4v) is 1.73. The van der Waals surface area contributed by atoms with Crippen LogP contribution in [0.1, 0.15) is 18.4 Å². The molecule has 0 aliphatic rings. The Hall–Kier alpha value is -1.94. The van der Waals surface area contributed by atoms with E-state index in [0.29, 0.717) is 6.61 Å². The Bertz CT molecular complexity index is 508. The number of para-hydroxylation sites is 2. The van der Waals surface area contributed by atoms with Crippen LogP contribution >= 0.6 is 0 Å². The Kier molecular flexibility index (Phi) is 4.86. The number of nitrogens with one attached hydrogen (secondary N) is 1. The van der Waals surface area contributed by atoms with Crippen LogP contribution in [0.2, 0.25) is 0 Å². The van der Waals surface area contributed by atoms with Gasteiger partial charge in [0.25, 0.3) is 0 Å². The van der Waals surface area contributed by atoms with Crippen molar-refractivity contribution in [3.05, 3.63) is 47.9 Å². The van der Waals surface area contributed by atoms with Gasteiger partial charge in [-0.3, -0.25) is 0 Å². The highest BCUT2D eigenvalue weighted by atomic mass is 16.5. The van der Waals surface area contributed by atoms with Gasteiger partial charge in [0.15, 0.2) is 11.5 Å². The minimum Gasteiger partial charge on any atom is -0.493 e. The summed E-state index contributed by atoms with van der Waals surface area (Å²) in [6, 6.07) is 11.5. The Morgan fingerprint density at radius 1 is 1.05 bits per heavy atom. The predicted octanol–water partition coefficient (Wildman–Crippen LogP) is 2.98. The second kappa shape index (κ2) is 6.85. The molecule has 0 saturated carbocycles. The van der Waals surface area contributed by atoms with Gasteiger partial charge in [0.1, 0.15) is 18.1 Å². The molecule has 0 amide bonds. The molecule has 0 aliphatic carbocycles. The molecule has 19 heavy (non-hydrogen) atoms. The molecule has 2 rings (SSSR count). The van der Waals surface area contributed by atoms with Gasteiger partial charge in [-0.25, -0.2) is 0 Å². The lowest BCUT2D eigenvalue weighted by Crippen LogP contribution is -2.10. The smallest absolute Gasteiger partial charge is 0.161 e. The van der Waals surface area contributed by atoms with E-state index in [1.54, 1.807) is 7.11 Å². The van der Waals surface area contributed by atoms with Crippen molar-refractivity contribution < 1.29 is 13.9 Å². The minimum absolute atomic E-state index is 0.395. The van der Waals surface area contributed by atoms with Crippen LogP contribution in [0.15, 0.2) is 40.8 Å². The molecule has 4 nitrogen and oxygen atoms in total. The van der Waals surface area contributed by atoms with Crippen LogP contribution in [-0.4, -0.2) is 13.7 Å². The molecule has 0 atom stereocenters. The number of hydrogen-bond donors (Lipinski definition) is 1. The minimum atomic E-state index is 0.395. The van der Waals surface area contributed by atoms with Gasteiger partial charge < -0.3 is 19.2 Å². The maximum Gasteiger partial charge on any atom is 0.161 e. The molecular formula is C15H19NO3. The lowest BCUT2D eigenvalue weighted by molar-refractivity contribution is 0.252. The Labute approximate surface area is 113 Å². The molecule has 1 heterocycles. The number of ether oxygens (including phenoxy) is 2. The van der Waals surface area contributed by atoms with E-state index in [1.165, 1.54) is 0 Å². The average molecular weight is 261 g/mol. The third-order valence-electron chi connectivity index (χ3n) is 2.71. The highest BCUT2D eigenvalue weighted by Crippen LogP contribution is 2.26. The van der Waals surface area contributed by atoms with Crippen molar-refractivity contribution in [3.63, 3.8) is 0 Å². The van der Waals surface area contributed by atoms with Crippen molar-refractivity contribution in [1.82, 2.24) is 5.32 Å². The van der Waals surface area contributed by atoms with Crippen LogP contribution in [-0.2, 0) is 13.2 Å². The van der Waals surface area contributed by atoms with Crippen LogP contribution in [0.3, 0.4) is 0 Å². The van der Waals surface area contributed by atoms with E-state index in [0.717, 1.165) is 36.1 Å². The number of rotatable bonds is 7. The summed E-state index contributed by atoms with van der Waals surface area (Å²) in [4.78, 5) is 0. The first-order valence-corrected chi connectivity index (χ1v) is 6.37. The fraction of sp³-hybridized carbons (Fsp3) is 0.333. The molecular weight excluding hydrogens is 242 g/mol. The summed E-state index contributed by atoms with van der Waals surface area (Å²) in [5, 5.41) is 3.22. The SMILES string of the molecule is CCNCc1ccc(COc2ccccc2OC)o1. The molecule has 0 saturated heterocycles. The van der Waals surface area contributed by atoms with Gasteiger partial charge in [-0.1, -0.05) is 19.1 Å². The Balaban J connectivity index is 1.93. The average Bonchev–Trinajstić information content (AvgIpc) is 2.91. The third-order valence-corrected chi connectivity index (χ3v) is 2.71. The molecule has 4 heteroatoms. The van der Waals surface area contributed by atoms with E-state index in [2.05, 4.69) is 12.2 Å². The van der Waals surface area contributed by atoms with Crippen molar-refractivity contribution in [3.8, 4) is 11.5 Å². The highest BCUT2D eigenvalue weighted by molar-refractivity contribution is 5.39. The van der Waals surface area contributed by atoms with Crippen LogP contribution in [0.4, 0.5) is 0 Å². The molecule has 0 radical (unpaired) electrons. The molecule has 0 fully saturated rings. The lowest BCUT2D eigenvalue weighted by Gasteiger charge is -2.08. The molecule has 0 bridgehead atoms. The summed E-state index contributed by atoms with van der Waals surface area (Å²) < 4.78 is 16.6. The molecule has 1 aromatic heterocycles. The second-order valence-electron chi connectivity index (χ2n) is 4.09. The van der Waals surface area contributed by atoms with Crippen molar-refractivity contribution in [2.45, 2.75) is 20.1 Å². The van der Waals surface area contributed by atoms with E-state index in [1.807, 2.05) is 36.4 Å². The zero-order valence-corrected chi connectivity index (χ0v) is 11.3. The van der Waals surface area contributed by atoms with E-state index in [9.17, 15) is 0 Å². The summed E-state index contributed by atoms with van der Waals surface area (Å²) in [5.41, 5.74) is 0. The van der Waals surface area contributed by atoms with E-state index < -0.39 is 0 Å². The fourth-order valence-electron chi connectivity index (χ4n) is 1.73.